The van der Waals surface area contributed by atoms with Gasteiger partial charge in [0.2, 0.25) is 0 Å². The van der Waals surface area contributed by atoms with E-state index in [9.17, 15) is 4.21 Å². The van der Waals surface area contributed by atoms with Crippen molar-refractivity contribution < 1.29 is 8.95 Å². The molecule has 3 rings (SSSR count). The van der Waals surface area contributed by atoms with Gasteiger partial charge in [0, 0.05) is 19.0 Å². The summed E-state index contributed by atoms with van der Waals surface area (Å²) in [6.45, 7) is 1.15. The number of methoxy groups -OCH3 is 1. The normalized spacial score (nSPS) is 19.0. The van der Waals surface area contributed by atoms with Crippen LogP contribution in [0, 0.1) is 0 Å². The highest BCUT2D eigenvalue weighted by Gasteiger charge is 2.23. The first kappa shape index (κ1) is 19.5. The van der Waals surface area contributed by atoms with Crippen molar-refractivity contribution in [1.82, 2.24) is 10.2 Å². The summed E-state index contributed by atoms with van der Waals surface area (Å²) in [5, 5.41) is 3.82. The van der Waals surface area contributed by atoms with Gasteiger partial charge in [0.15, 0.2) is 5.50 Å². The molecule has 1 aliphatic rings. The van der Waals surface area contributed by atoms with E-state index < -0.39 is 10.8 Å². The van der Waals surface area contributed by atoms with E-state index in [1.807, 2.05) is 53.6 Å². The number of amidine groups is 1. The van der Waals surface area contributed by atoms with Crippen LogP contribution in [-0.4, -0.2) is 33.8 Å². The van der Waals surface area contributed by atoms with Gasteiger partial charge in [0.05, 0.1) is 29.5 Å². The van der Waals surface area contributed by atoms with E-state index >= 15 is 0 Å². The van der Waals surface area contributed by atoms with Crippen LogP contribution in [0.4, 0.5) is 0 Å². The summed E-state index contributed by atoms with van der Waals surface area (Å²) in [5.74, 6) is 1.34. The van der Waals surface area contributed by atoms with Crippen LogP contribution in [0.3, 0.4) is 0 Å². The summed E-state index contributed by atoms with van der Waals surface area (Å²) in [4.78, 5) is 6.60. The molecule has 0 aromatic heterocycles. The summed E-state index contributed by atoms with van der Waals surface area (Å²) in [6, 6.07) is 15.7. The molecular formula is C20H22ClN3O2S. The Morgan fingerprint density at radius 2 is 2.00 bits per heavy atom. The van der Waals surface area contributed by atoms with Crippen LogP contribution in [0.15, 0.2) is 65.8 Å². The zero-order chi connectivity index (χ0) is 19.2. The molecule has 0 bridgehead atoms. The van der Waals surface area contributed by atoms with Gasteiger partial charge in [-0.3, -0.25) is 9.20 Å². The molecule has 0 amide bonds. The minimum absolute atomic E-state index is 0.326. The van der Waals surface area contributed by atoms with Crippen molar-refractivity contribution in [3.05, 3.63) is 77.0 Å². The first-order chi connectivity index (χ1) is 13.1. The van der Waals surface area contributed by atoms with E-state index in [4.69, 9.17) is 16.3 Å². The fourth-order valence-corrected chi connectivity index (χ4v) is 3.88. The van der Waals surface area contributed by atoms with Gasteiger partial charge in [-0.05, 0) is 29.3 Å². The second kappa shape index (κ2) is 9.06. The average molecular weight is 404 g/mol. The van der Waals surface area contributed by atoms with E-state index in [-0.39, 0.29) is 5.50 Å². The lowest BCUT2D eigenvalue weighted by atomic mass is 10.2. The number of nitrogens with one attached hydrogen (secondary N) is 1. The molecule has 2 aromatic carbocycles. The molecule has 0 saturated carbocycles. The van der Waals surface area contributed by atoms with Crippen molar-refractivity contribution in [2.45, 2.75) is 18.6 Å². The van der Waals surface area contributed by atoms with Crippen LogP contribution < -0.4 is 10.1 Å². The Labute approximate surface area is 167 Å². The highest BCUT2D eigenvalue weighted by Crippen LogP contribution is 2.25. The van der Waals surface area contributed by atoms with Crippen molar-refractivity contribution in [2.24, 2.45) is 4.99 Å². The molecule has 0 aliphatic carbocycles. The number of aliphatic imine (C=N–C) groups is 1. The highest BCUT2D eigenvalue weighted by atomic mass is 35.5. The molecule has 7 heteroatoms. The Balaban J connectivity index is 1.72. The van der Waals surface area contributed by atoms with E-state index in [0.29, 0.717) is 29.7 Å². The van der Waals surface area contributed by atoms with Gasteiger partial charge in [-0.2, -0.15) is 0 Å². The Morgan fingerprint density at radius 1 is 1.22 bits per heavy atom. The van der Waals surface area contributed by atoms with Gasteiger partial charge in [-0.25, -0.2) is 0 Å². The fraction of sp³-hybridized carbons (Fsp3) is 0.250. The molecule has 0 radical (unpaired) electrons. The minimum Gasteiger partial charge on any atom is -0.495 e. The second-order valence-corrected chi connectivity index (χ2v) is 7.99. The lowest BCUT2D eigenvalue weighted by molar-refractivity contribution is 0.319. The summed E-state index contributed by atoms with van der Waals surface area (Å²) in [6.07, 6.45) is 5.53. The highest BCUT2D eigenvalue weighted by molar-refractivity contribution is 7.84. The van der Waals surface area contributed by atoms with E-state index in [1.54, 1.807) is 13.4 Å². The Morgan fingerprint density at radius 3 is 2.67 bits per heavy atom. The van der Waals surface area contributed by atoms with E-state index in [2.05, 4.69) is 22.4 Å². The number of halogens is 1. The maximum absolute atomic E-state index is 12.2. The van der Waals surface area contributed by atoms with Gasteiger partial charge in [-0.1, -0.05) is 48.0 Å². The zero-order valence-corrected chi connectivity index (χ0v) is 16.8. The molecule has 27 heavy (non-hydrogen) atoms. The average Bonchev–Trinajstić information content (AvgIpc) is 2.68. The van der Waals surface area contributed by atoms with Gasteiger partial charge >= 0.3 is 0 Å². The molecule has 0 fully saturated rings. The Hall–Kier alpha value is -2.31. The molecule has 5 nitrogen and oxygen atoms in total. The molecule has 2 unspecified atom stereocenters. The molecule has 1 heterocycles. The predicted molar refractivity (Wildman–Crippen MR) is 111 cm³/mol. The zero-order valence-electron chi connectivity index (χ0n) is 15.3. The first-order valence-electron chi connectivity index (χ1n) is 8.50. The molecule has 2 aromatic rings. The second-order valence-electron chi connectivity index (χ2n) is 6.14. The van der Waals surface area contributed by atoms with Crippen molar-refractivity contribution in [2.75, 3.05) is 13.4 Å². The van der Waals surface area contributed by atoms with Crippen LogP contribution in [0.5, 0.6) is 5.75 Å². The van der Waals surface area contributed by atoms with Gasteiger partial charge < -0.3 is 15.0 Å². The van der Waals surface area contributed by atoms with Crippen LogP contribution in [-0.2, 0) is 23.9 Å². The van der Waals surface area contributed by atoms with Crippen LogP contribution >= 0.6 is 11.6 Å². The third kappa shape index (κ3) is 5.11. The molecule has 142 valence electrons. The maximum Gasteiger partial charge on any atom is 0.178 e. The summed E-state index contributed by atoms with van der Waals surface area (Å²) in [7, 11) is 0.500. The lowest BCUT2D eigenvalue weighted by Gasteiger charge is -2.33. The number of hydrogen-bond acceptors (Lipinski definition) is 4. The fourth-order valence-electron chi connectivity index (χ4n) is 2.79. The number of hydrogen-bond donors (Lipinski definition) is 1. The number of nitrogens with zero attached hydrogens (tertiary/aromatic N) is 2. The largest absolute Gasteiger partial charge is 0.495 e. The molecule has 0 spiro atoms. The van der Waals surface area contributed by atoms with Crippen molar-refractivity contribution >= 4 is 28.2 Å². The SMILES string of the molecule is COc1ccc(CN=C2C=CN(Cc3ccccc3)C(S(C)=O)N2)cc1Cl. The van der Waals surface area contributed by atoms with Crippen molar-refractivity contribution in [3.63, 3.8) is 0 Å². The van der Waals surface area contributed by atoms with Gasteiger partial charge in [-0.15, -0.1) is 0 Å². The van der Waals surface area contributed by atoms with Crippen LogP contribution in [0.1, 0.15) is 11.1 Å². The maximum atomic E-state index is 12.2. The predicted octanol–water partition coefficient (Wildman–Crippen LogP) is 3.53. The minimum atomic E-state index is -1.09. The summed E-state index contributed by atoms with van der Waals surface area (Å²) < 4.78 is 17.4. The smallest absolute Gasteiger partial charge is 0.178 e. The molecule has 1 aliphatic heterocycles. The van der Waals surface area contributed by atoms with Crippen LogP contribution in [0.2, 0.25) is 5.02 Å². The number of ether oxygens (including phenoxy) is 1. The Kier molecular flexibility index (Phi) is 6.53. The molecule has 0 saturated heterocycles. The monoisotopic (exact) mass is 403 g/mol. The molecule has 2 atom stereocenters. The Bertz CT molecular complexity index is 871. The third-order valence-corrected chi connectivity index (χ3v) is 5.48. The van der Waals surface area contributed by atoms with Crippen LogP contribution in [0.25, 0.3) is 0 Å². The van der Waals surface area contributed by atoms with Crippen molar-refractivity contribution in [3.8, 4) is 5.75 Å². The number of benzene rings is 2. The van der Waals surface area contributed by atoms with E-state index in [1.165, 1.54) is 0 Å². The van der Waals surface area contributed by atoms with Crippen molar-refractivity contribution in [1.29, 1.82) is 0 Å². The van der Waals surface area contributed by atoms with E-state index in [0.717, 1.165) is 11.1 Å². The quantitative estimate of drug-likeness (QED) is 0.801. The first-order valence-corrected chi connectivity index (χ1v) is 10.5. The summed E-state index contributed by atoms with van der Waals surface area (Å²) in [5.41, 5.74) is 1.81. The lowest BCUT2D eigenvalue weighted by Crippen LogP contribution is -2.50. The molecule has 1 N–H and O–H groups in total. The summed E-state index contributed by atoms with van der Waals surface area (Å²) >= 11 is 6.16. The standard InChI is InChI=1S/C20H22ClN3O2S/c1-26-18-9-8-16(12-17(18)21)13-22-19-10-11-24(20(23-19)27(2)25)14-15-6-4-3-5-7-15/h3-12,20H,13-14H2,1-2H3,(H,22,23). The molecular weight excluding hydrogens is 382 g/mol. The topological polar surface area (TPSA) is 53.9 Å². The number of rotatable bonds is 6. The third-order valence-electron chi connectivity index (χ3n) is 4.17. The van der Waals surface area contributed by atoms with Gasteiger partial charge in [0.1, 0.15) is 11.6 Å². The van der Waals surface area contributed by atoms with Gasteiger partial charge in [0.25, 0.3) is 0 Å².